The lowest BCUT2D eigenvalue weighted by Gasteiger charge is -2.21. The number of carbonyl (C=O) groups is 1. The third-order valence-electron chi connectivity index (χ3n) is 5.34. The summed E-state index contributed by atoms with van der Waals surface area (Å²) in [6.07, 6.45) is 1.39. The monoisotopic (exact) mass is 413 g/mol. The number of fused-ring (bicyclic) bond motifs is 2. The molecule has 0 spiro atoms. The van der Waals surface area contributed by atoms with Crippen LogP contribution in [0.3, 0.4) is 0 Å². The molecule has 1 unspecified atom stereocenters. The second-order valence-corrected chi connectivity index (χ2v) is 8.00. The van der Waals surface area contributed by atoms with Crippen LogP contribution >= 0.6 is 0 Å². The van der Waals surface area contributed by atoms with Crippen molar-refractivity contribution < 1.29 is 23.8 Å². The first-order chi connectivity index (χ1) is 14.1. The predicted octanol–water partition coefficient (Wildman–Crippen LogP) is 4.29. The molecule has 0 bridgehead atoms. The van der Waals surface area contributed by atoms with E-state index in [-0.39, 0.29) is 12.3 Å². The van der Waals surface area contributed by atoms with Gasteiger partial charge in [0, 0.05) is 29.3 Å². The SMILES string of the molecule is CC(C)c1c(CC(C)(O)C(=O)O)c2cc3[nH]cnc3cc2n1-c1ccc(F)c(F)c1. The lowest BCUT2D eigenvalue weighted by molar-refractivity contribution is -0.156. The number of rotatable bonds is 5. The number of aromatic nitrogens is 3. The van der Waals surface area contributed by atoms with Crippen LogP contribution in [0.4, 0.5) is 8.78 Å². The zero-order valence-corrected chi connectivity index (χ0v) is 16.7. The Labute approximate surface area is 170 Å². The first-order valence-electron chi connectivity index (χ1n) is 9.51. The minimum atomic E-state index is -2.00. The number of carboxylic acids is 1. The molecule has 30 heavy (non-hydrogen) atoms. The Hall–Kier alpha value is -3.26. The summed E-state index contributed by atoms with van der Waals surface area (Å²) < 4.78 is 29.4. The summed E-state index contributed by atoms with van der Waals surface area (Å²) in [5.41, 5.74) is 1.84. The first-order valence-corrected chi connectivity index (χ1v) is 9.51. The minimum Gasteiger partial charge on any atom is -0.479 e. The van der Waals surface area contributed by atoms with Gasteiger partial charge in [0.1, 0.15) is 0 Å². The molecule has 0 amide bonds. The summed E-state index contributed by atoms with van der Waals surface area (Å²) in [5.74, 6) is -3.38. The van der Waals surface area contributed by atoms with Crippen LogP contribution in [0.15, 0.2) is 36.7 Å². The maximum absolute atomic E-state index is 14.1. The van der Waals surface area contributed by atoms with Crippen molar-refractivity contribution in [3.63, 3.8) is 0 Å². The lowest BCUT2D eigenvalue weighted by atomic mass is 9.91. The van der Waals surface area contributed by atoms with Gasteiger partial charge in [0.15, 0.2) is 17.2 Å². The fourth-order valence-corrected chi connectivity index (χ4v) is 3.92. The van der Waals surface area contributed by atoms with E-state index in [0.717, 1.165) is 17.6 Å². The standard InChI is InChI=1S/C22H21F2N3O3/c1-11(2)20-14(9-22(3,30)21(28)29)13-7-17-18(26-10-25-17)8-19(13)27(20)12-4-5-15(23)16(24)6-12/h4-8,10-11,30H,9H2,1-3H3,(H,25,26)(H,28,29). The summed E-state index contributed by atoms with van der Waals surface area (Å²) in [7, 11) is 0. The summed E-state index contributed by atoms with van der Waals surface area (Å²) >= 11 is 0. The Morgan fingerprint density at radius 2 is 1.97 bits per heavy atom. The number of hydrogen-bond donors (Lipinski definition) is 3. The molecule has 8 heteroatoms. The number of benzene rings is 2. The number of nitrogens with one attached hydrogen (secondary N) is 1. The largest absolute Gasteiger partial charge is 0.479 e. The number of H-pyrrole nitrogens is 1. The van der Waals surface area contributed by atoms with E-state index in [0.29, 0.717) is 33.4 Å². The highest BCUT2D eigenvalue weighted by Crippen LogP contribution is 2.38. The molecule has 0 aliphatic carbocycles. The fraction of sp³-hybridized carbons (Fsp3) is 0.273. The molecule has 0 aliphatic heterocycles. The molecule has 0 aliphatic rings. The van der Waals surface area contributed by atoms with Crippen molar-refractivity contribution in [3.8, 4) is 5.69 Å². The van der Waals surface area contributed by atoms with E-state index in [1.807, 2.05) is 26.0 Å². The molecular weight excluding hydrogens is 392 g/mol. The van der Waals surface area contributed by atoms with Crippen LogP contribution in [0.1, 0.15) is 37.9 Å². The molecule has 0 radical (unpaired) electrons. The number of imidazole rings is 1. The highest BCUT2D eigenvalue weighted by Gasteiger charge is 2.34. The Kier molecular flexibility index (Phi) is 4.62. The van der Waals surface area contributed by atoms with Crippen LogP contribution in [-0.4, -0.2) is 36.3 Å². The van der Waals surface area contributed by atoms with Gasteiger partial charge in [-0.1, -0.05) is 13.8 Å². The Morgan fingerprint density at radius 3 is 2.60 bits per heavy atom. The summed E-state index contributed by atoms with van der Waals surface area (Å²) in [6, 6.07) is 7.29. The summed E-state index contributed by atoms with van der Waals surface area (Å²) in [5, 5.41) is 20.7. The van der Waals surface area contributed by atoms with Crippen LogP contribution in [-0.2, 0) is 11.2 Å². The van der Waals surface area contributed by atoms with Crippen molar-refractivity contribution >= 4 is 27.9 Å². The van der Waals surface area contributed by atoms with Gasteiger partial charge in [0.25, 0.3) is 0 Å². The van der Waals surface area contributed by atoms with Gasteiger partial charge in [0.2, 0.25) is 0 Å². The maximum atomic E-state index is 14.1. The van der Waals surface area contributed by atoms with Crippen LogP contribution in [0.25, 0.3) is 27.6 Å². The molecule has 2 heterocycles. The number of nitrogens with zero attached hydrogens (tertiary/aromatic N) is 2. The van der Waals surface area contributed by atoms with E-state index in [2.05, 4.69) is 9.97 Å². The molecule has 0 saturated carbocycles. The van der Waals surface area contributed by atoms with Crippen LogP contribution < -0.4 is 0 Å². The molecule has 4 aromatic rings. The van der Waals surface area contributed by atoms with Crippen LogP contribution in [0, 0.1) is 11.6 Å². The van der Waals surface area contributed by atoms with Crippen molar-refractivity contribution in [2.45, 2.75) is 38.7 Å². The second-order valence-electron chi connectivity index (χ2n) is 8.00. The Morgan fingerprint density at radius 1 is 1.23 bits per heavy atom. The summed E-state index contributed by atoms with van der Waals surface area (Å²) in [4.78, 5) is 18.9. The average Bonchev–Trinajstić information content (AvgIpc) is 3.24. The van der Waals surface area contributed by atoms with E-state index in [4.69, 9.17) is 0 Å². The van der Waals surface area contributed by atoms with E-state index in [9.17, 15) is 23.8 Å². The quantitative estimate of drug-likeness (QED) is 0.455. The van der Waals surface area contributed by atoms with Gasteiger partial charge >= 0.3 is 5.97 Å². The molecule has 1 atom stereocenters. The molecule has 6 nitrogen and oxygen atoms in total. The average molecular weight is 413 g/mol. The molecule has 0 saturated heterocycles. The van der Waals surface area contributed by atoms with E-state index >= 15 is 0 Å². The van der Waals surface area contributed by atoms with Crippen molar-refractivity contribution in [1.29, 1.82) is 0 Å². The van der Waals surface area contributed by atoms with Crippen molar-refractivity contribution in [2.75, 3.05) is 0 Å². The molecule has 156 valence electrons. The molecule has 4 rings (SSSR count). The van der Waals surface area contributed by atoms with Gasteiger partial charge in [0.05, 0.1) is 22.9 Å². The Bertz CT molecular complexity index is 1290. The highest BCUT2D eigenvalue weighted by molar-refractivity contribution is 5.98. The van der Waals surface area contributed by atoms with Gasteiger partial charge < -0.3 is 19.8 Å². The third kappa shape index (κ3) is 3.13. The van der Waals surface area contributed by atoms with Crippen LogP contribution in [0.5, 0.6) is 0 Å². The van der Waals surface area contributed by atoms with Gasteiger partial charge in [-0.25, -0.2) is 18.6 Å². The first kappa shape index (κ1) is 20.0. The maximum Gasteiger partial charge on any atom is 0.335 e. The number of carboxylic acid groups (broad SMARTS) is 1. The molecule has 2 aromatic carbocycles. The Balaban J connectivity index is 2.12. The minimum absolute atomic E-state index is 0.101. The molecule has 3 N–H and O–H groups in total. The fourth-order valence-electron chi connectivity index (χ4n) is 3.92. The lowest BCUT2D eigenvalue weighted by Crippen LogP contribution is -2.37. The van der Waals surface area contributed by atoms with E-state index < -0.39 is 23.2 Å². The molecular formula is C22H21F2N3O3. The van der Waals surface area contributed by atoms with Crippen molar-refractivity contribution in [3.05, 3.63) is 59.6 Å². The van der Waals surface area contributed by atoms with Gasteiger partial charge in [-0.15, -0.1) is 0 Å². The number of hydrogen-bond acceptors (Lipinski definition) is 3. The van der Waals surface area contributed by atoms with Gasteiger partial charge in [-0.2, -0.15) is 0 Å². The third-order valence-corrected chi connectivity index (χ3v) is 5.34. The number of aromatic amines is 1. The molecule has 2 aromatic heterocycles. The predicted molar refractivity (Wildman–Crippen MR) is 109 cm³/mol. The van der Waals surface area contributed by atoms with Gasteiger partial charge in [-0.05, 0) is 42.7 Å². The van der Waals surface area contributed by atoms with Crippen LogP contribution in [0.2, 0.25) is 0 Å². The number of aliphatic hydroxyl groups is 1. The van der Waals surface area contributed by atoms with Crippen molar-refractivity contribution in [1.82, 2.24) is 14.5 Å². The van der Waals surface area contributed by atoms with Crippen molar-refractivity contribution in [2.24, 2.45) is 0 Å². The van der Waals surface area contributed by atoms with E-state index in [1.165, 1.54) is 13.0 Å². The summed E-state index contributed by atoms with van der Waals surface area (Å²) in [6.45, 7) is 5.09. The smallest absolute Gasteiger partial charge is 0.335 e. The number of aliphatic carboxylic acids is 1. The zero-order chi connectivity index (χ0) is 21.8. The van der Waals surface area contributed by atoms with E-state index in [1.54, 1.807) is 10.9 Å². The second kappa shape index (κ2) is 6.91. The number of halogens is 2. The van der Waals surface area contributed by atoms with Gasteiger partial charge in [-0.3, -0.25) is 0 Å². The zero-order valence-electron chi connectivity index (χ0n) is 16.7. The molecule has 0 fully saturated rings. The topological polar surface area (TPSA) is 91.1 Å². The normalized spacial score (nSPS) is 14.0. The highest BCUT2D eigenvalue weighted by atomic mass is 19.2.